The molecule has 4 saturated carbocycles. The molecule has 5 aliphatic carbocycles. The lowest BCUT2D eigenvalue weighted by molar-refractivity contribution is -0.212. The number of allylic oxidation sites excluding steroid dienone is 4. The lowest BCUT2D eigenvalue weighted by atomic mass is 9.34. The first-order valence-electron chi connectivity index (χ1n) is 16.0. The summed E-state index contributed by atoms with van der Waals surface area (Å²) in [7, 11) is 0. The fourth-order valence-corrected chi connectivity index (χ4v) is 11.6. The van der Waals surface area contributed by atoms with Crippen molar-refractivity contribution in [3.8, 4) is 0 Å². The van der Waals surface area contributed by atoms with E-state index in [1.165, 1.54) is 56.1 Å². The fraction of sp³-hybridized carbons (Fsp3) is 0.824. The van der Waals surface area contributed by atoms with Crippen LogP contribution >= 0.6 is 0 Å². The third-order valence-corrected chi connectivity index (χ3v) is 13.6. The summed E-state index contributed by atoms with van der Waals surface area (Å²) in [6, 6.07) is 0. The first-order chi connectivity index (χ1) is 18.4. The summed E-state index contributed by atoms with van der Waals surface area (Å²) in [5, 5.41) is 22.4. The van der Waals surface area contributed by atoms with E-state index in [1.54, 1.807) is 0 Å². The van der Waals surface area contributed by atoms with Gasteiger partial charge in [-0.05, 0) is 128 Å². The molecular formula is C34H53NO4. The van der Waals surface area contributed by atoms with E-state index in [4.69, 9.17) is 0 Å². The molecule has 5 nitrogen and oxygen atoms in total. The molecule has 5 heteroatoms. The Labute approximate surface area is 236 Å². The van der Waals surface area contributed by atoms with Crippen molar-refractivity contribution in [1.82, 2.24) is 5.32 Å². The van der Waals surface area contributed by atoms with Crippen LogP contribution in [-0.4, -0.2) is 34.2 Å². The van der Waals surface area contributed by atoms with Crippen LogP contribution in [0.2, 0.25) is 0 Å². The van der Waals surface area contributed by atoms with Gasteiger partial charge >= 0.3 is 11.9 Å². The maximum Gasteiger partial charge on any atom is 0.317 e. The Morgan fingerprint density at radius 1 is 0.923 bits per heavy atom. The van der Waals surface area contributed by atoms with Crippen LogP contribution in [0.15, 0.2) is 23.3 Å². The highest BCUT2D eigenvalue weighted by Gasteiger charge is 2.68. The Morgan fingerprint density at radius 2 is 1.69 bits per heavy atom. The second-order valence-corrected chi connectivity index (χ2v) is 14.8. The van der Waals surface area contributed by atoms with Gasteiger partial charge in [0.05, 0.1) is 6.54 Å². The van der Waals surface area contributed by atoms with Crippen LogP contribution in [0.1, 0.15) is 118 Å². The molecule has 0 aliphatic heterocycles. The number of hydrogen-bond acceptors (Lipinski definition) is 3. The third kappa shape index (κ3) is 4.44. The van der Waals surface area contributed by atoms with E-state index in [0.717, 1.165) is 25.7 Å². The molecule has 0 spiro atoms. The van der Waals surface area contributed by atoms with Gasteiger partial charge in [0, 0.05) is 12.0 Å². The smallest absolute Gasteiger partial charge is 0.317 e. The highest BCUT2D eigenvalue weighted by atomic mass is 16.4. The van der Waals surface area contributed by atoms with E-state index in [2.05, 4.69) is 52.1 Å². The van der Waals surface area contributed by atoms with Gasteiger partial charge in [0.2, 0.25) is 0 Å². The topological polar surface area (TPSA) is 86.6 Å². The summed E-state index contributed by atoms with van der Waals surface area (Å²) in [4.78, 5) is 22.8. The van der Waals surface area contributed by atoms with Gasteiger partial charge in [-0.1, -0.05) is 53.2 Å². The zero-order valence-corrected chi connectivity index (χ0v) is 25.2. The second-order valence-electron chi connectivity index (χ2n) is 14.8. The number of nitrogens with one attached hydrogen (secondary N) is 1. The van der Waals surface area contributed by atoms with E-state index in [-0.39, 0.29) is 23.9 Å². The van der Waals surface area contributed by atoms with Crippen LogP contribution in [0.4, 0.5) is 0 Å². The minimum atomic E-state index is -0.732. The summed E-state index contributed by atoms with van der Waals surface area (Å²) >= 11 is 0. The molecule has 8 unspecified atom stereocenters. The largest absolute Gasteiger partial charge is 0.481 e. The number of rotatable bonds is 8. The summed E-state index contributed by atoms with van der Waals surface area (Å²) in [5.41, 5.74) is 3.62. The lowest BCUT2D eigenvalue weighted by Gasteiger charge is -2.71. The molecule has 0 aromatic heterocycles. The molecule has 4 fully saturated rings. The average molecular weight is 540 g/mol. The number of carboxylic acid groups (broad SMARTS) is 2. The highest BCUT2D eigenvalue weighted by molar-refractivity contribution is 5.69. The van der Waals surface area contributed by atoms with Crippen LogP contribution < -0.4 is 5.32 Å². The molecule has 3 N–H and O–H groups in total. The van der Waals surface area contributed by atoms with Crippen molar-refractivity contribution < 1.29 is 19.8 Å². The molecule has 218 valence electrons. The monoisotopic (exact) mass is 539 g/mol. The standard InChI is InChI=1S/C34H53NO4/c1-6-8-23(10-13-29(36)37)24-14-17-31(3)25(22(24)2)15-18-33(5)28(31)12-11-26-27-9-7-16-34(27,35-21-30(38)39)20-19-32(26,33)4/h8,14,22,25-28,35H,6-7,9-13,15-21H2,1-5H3,(H,36,37)(H,38,39)/b23-8+/t22?,25?,26?,27?,28?,31?,32-,33?,34?/m1/s1. The van der Waals surface area contributed by atoms with E-state index >= 15 is 0 Å². The van der Waals surface area contributed by atoms with E-state index in [0.29, 0.717) is 46.8 Å². The van der Waals surface area contributed by atoms with Crippen LogP contribution in [0.5, 0.6) is 0 Å². The van der Waals surface area contributed by atoms with Gasteiger partial charge in [0.25, 0.3) is 0 Å². The Hall–Kier alpha value is -1.62. The maximum atomic E-state index is 11.5. The van der Waals surface area contributed by atoms with Gasteiger partial charge in [-0.3, -0.25) is 9.59 Å². The van der Waals surface area contributed by atoms with E-state index < -0.39 is 11.9 Å². The Bertz CT molecular complexity index is 1050. The average Bonchev–Trinajstić information content (AvgIpc) is 3.30. The van der Waals surface area contributed by atoms with Gasteiger partial charge in [0.1, 0.15) is 0 Å². The minimum Gasteiger partial charge on any atom is -0.481 e. The van der Waals surface area contributed by atoms with Crippen LogP contribution in [0, 0.1) is 45.8 Å². The number of hydrogen-bond donors (Lipinski definition) is 3. The molecule has 9 atom stereocenters. The number of fused-ring (bicyclic) bond motifs is 7. The van der Waals surface area contributed by atoms with Crippen molar-refractivity contribution in [2.24, 2.45) is 45.8 Å². The number of aliphatic carboxylic acids is 2. The molecule has 39 heavy (non-hydrogen) atoms. The van der Waals surface area contributed by atoms with Crippen LogP contribution in [0.25, 0.3) is 0 Å². The minimum absolute atomic E-state index is 0.0296. The third-order valence-electron chi connectivity index (χ3n) is 13.6. The molecule has 0 aromatic carbocycles. The van der Waals surface area contributed by atoms with Crippen molar-refractivity contribution in [1.29, 1.82) is 0 Å². The van der Waals surface area contributed by atoms with Crippen LogP contribution in [0.3, 0.4) is 0 Å². The molecule has 0 amide bonds. The first kappa shape index (κ1) is 28.9. The molecule has 0 saturated heterocycles. The predicted molar refractivity (Wildman–Crippen MR) is 155 cm³/mol. The Kier molecular flexibility index (Phi) is 7.66. The quantitative estimate of drug-likeness (QED) is 0.295. The molecular weight excluding hydrogens is 486 g/mol. The van der Waals surface area contributed by atoms with Gasteiger partial charge in [-0.15, -0.1) is 0 Å². The lowest BCUT2D eigenvalue weighted by Crippen LogP contribution is -2.67. The van der Waals surface area contributed by atoms with Gasteiger partial charge in [-0.25, -0.2) is 0 Å². The summed E-state index contributed by atoms with van der Waals surface area (Å²) in [6.45, 7) is 12.6. The molecule has 0 radical (unpaired) electrons. The normalized spacial score (nSPS) is 45.4. The van der Waals surface area contributed by atoms with Crippen molar-refractivity contribution >= 4 is 11.9 Å². The summed E-state index contributed by atoms with van der Waals surface area (Å²) in [5.74, 6) is 1.66. The Morgan fingerprint density at radius 3 is 2.38 bits per heavy atom. The van der Waals surface area contributed by atoms with Crippen molar-refractivity contribution in [2.75, 3.05) is 6.54 Å². The van der Waals surface area contributed by atoms with Gasteiger partial charge in [0.15, 0.2) is 0 Å². The molecule has 0 aromatic rings. The number of carbonyl (C=O) groups is 2. The van der Waals surface area contributed by atoms with Gasteiger partial charge < -0.3 is 15.5 Å². The molecule has 0 bridgehead atoms. The van der Waals surface area contributed by atoms with E-state index in [1.807, 2.05) is 0 Å². The zero-order valence-electron chi connectivity index (χ0n) is 25.2. The molecule has 0 heterocycles. The summed E-state index contributed by atoms with van der Waals surface area (Å²) in [6.07, 6.45) is 18.8. The first-order valence-corrected chi connectivity index (χ1v) is 16.0. The van der Waals surface area contributed by atoms with Gasteiger partial charge in [-0.2, -0.15) is 0 Å². The Balaban J connectivity index is 1.43. The van der Waals surface area contributed by atoms with E-state index in [9.17, 15) is 19.8 Å². The highest BCUT2D eigenvalue weighted by Crippen LogP contribution is 2.74. The number of carboxylic acids is 2. The maximum absolute atomic E-state index is 11.5. The summed E-state index contributed by atoms with van der Waals surface area (Å²) < 4.78 is 0. The van der Waals surface area contributed by atoms with Crippen molar-refractivity contribution in [3.63, 3.8) is 0 Å². The second kappa shape index (κ2) is 10.3. The van der Waals surface area contributed by atoms with Crippen molar-refractivity contribution in [2.45, 2.75) is 124 Å². The fourth-order valence-electron chi connectivity index (χ4n) is 11.6. The predicted octanol–water partition coefficient (Wildman–Crippen LogP) is 7.62. The zero-order chi connectivity index (χ0) is 28.2. The molecule has 5 rings (SSSR count). The molecule has 5 aliphatic rings. The van der Waals surface area contributed by atoms with Crippen molar-refractivity contribution in [3.05, 3.63) is 23.3 Å². The SMILES string of the molecule is CC/C=C(\CCC(=O)O)C1=CCC2(C)C(CCC3(C)C2CCC2C4CCCC4(NCC(=O)O)CC[C@]23C)C1C. The van der Waals surface area contributed by atoms with Crippen LogP contribution in [-0.2, 0) is 9.59 Å².